The van der Waals surface area contributed by atoms with E-state index in [9.17, 15) is 4.79 Å². The Morgan fingerprint density at radius 3 is 2.77 bits per heavy atom. The molecule has 2 heterocycles. The van der Waals surface area contributed by atoms with Gasteiger partial charge in [-0.3, -0.25) is 9.48 Å². The van der Waals surface area contributed by atoms with Gasteiger partial charge in [0.2, 0.25) is 0 Å². The van der Waals surface area contributed by atoms with Gasteiger partial charge >= 0.3 is 0 Å². The summed E-state index contributed by atoms with van der Waals surface area (Å²) in [5.74, 6) is 0.707. The van der Waals surface area contributed by atoms with Crippen molar-refractivity contribution in [3.63, 3.8) is 0 Å². The fraction of sp³-hybridized carbons (Fsp3) is 0.524. The molecule has 0 radical (unpaired) electrons. The number of carbonyl (C=O) groups excluding carboxylic acids is 1. The van der Waals surface area contributed by atoms with Crippen molar-refractivity contribution in [3.8, 4) is 0 Å². The topological polar surface area (TPSA) is 50.2 Å². The van der Waals surface area contributed by atoms with Crippen LogP contribution in [-0.4, -0.2) is 28.8 Å². The third-order valence-corrected chi connectivity index (χ3v) is 5.06. The molecule has 1 aromatic heterocycles. The van der Waals surface area contributed by atoms with E-state index in [1.165, 1.54) is 18.5 Å². The van der Waals surface area contributed by atoms with Crippen LogP contribution in [0, 0.1) is 12.8 Å². The van der Waals surface area contributed by atoms with Gasteiger partial charge in [0.25, 0.3) is 5.91 Å². The van der Waals surface area contributed by atoms with E-state index in [2.05, 4.69) is 53.4 Å². The van der Waals surface area contributed by atoms with Gasteiger partial charge in [-0.05, 0) is 49.8 Å². The molecule has 1 N–H and O–H groups in total. The van der Waals surface area contributed by atoms with E-state index in [4.69, 9.17) is 0 Å². The maximum atomic E-state index is 12.4. The van der Waals surface area contributed by atoms with Gasteiger partial charge in [-0.15, -0.1) is 0 Å². The molecule has 140 valence electrons. The lowest BCUT2D eigenvalue weighted by Crippen LogP contribution is -2.34. The third-order valence-electron chi connectivity index (χ3n) is 5.06. The first-order valence-electron chi connectivity index (χ1n) is 9.73. The Hall–Kier alpha value is -2.30. The Labute approximate surface area is 156 Å². The summed E-state index contributed by atoms with van der Waals surface area (Å²) in [5.41, 5.74) is 3.84. The number of aryl methyl sites for hydroxylation is 2. The van der Waals surface area contributed by atoms with Crippen molar-refractivity contribution in [2.75, 3.05) is 18.0 Å². The Bertz CT molecular complexity index is 735. The number of benzene rings is 1. The van der Waals surface area contributed by atoms with E-state index in [0.29, 0.717) is 12.1 Å². The van der Waals surface area contributed by atoms with Gasteiger partial charge in [-0.1, -0.05) is 26.0 Å². The van der Waals surface area contributed by atoms with Gasteiger partial charge in [0, 0.05) is 38.1 Å². The van der Waals surface area contributed by atoms with Crippen LogP contribution < -0.4 is 10.2 Å². The Morgan fingerprint density at radius 2 is 2.08 bits per heavy atom. The lowest BCUT2D eigenvalue weighted by molar-refractivity contribution is 0.0950. The fourth-order valence-corrected chi connectivity index (χ4v) is 3.61. The lowest BCUT2D eigenvalue weighted by atomic mass is 9.99. The molecule has 3 rings (SSSR count). The molecule has 26 heavy (non-hydrogen) atoms. The molecule has 2 aromatic rings. The summed E-state index contributed by atoms with van der Waals surface area (Å²) in [4.78, 5) is 14.9. The second-order valence-electron chi connectivity index (χ2n) is 7.43. The third kappa shape index (κ3) is 4.45. The molecule has 0 spiro atoms. The molecule has 0 saturated carbocycles. The number of hydrogen-bond acceptors (Lipinski definition) is 3. The Kier molecular flexibility index (Phi) is 5.96. The molecular formula is C21H30N4O. The number of anilines is 1. The van der Waals surface area contributed by atoms with Crippen molar-refractivity contribution in [3.05, 3.63) is 47.3 Å². The molecule has 1 amide bonds. The molecule has 1 aliphatic rings. The largest absolute Gasteiger partial charge is 0.371 e. The summed E-state index contributed by atoms with van der Waals surface area (Å²) < 4.78 is 1.85. The summed E-state index contributed by atoms with van der Waals surface area (Å²) in [7, 11) is 0. The summed E-state index contributed by atoms with van der Waals surface area (Å²) in [6, 6.07) is 8.57. The molecule has 0 aliphatic carbocycles. The monoisotopic (exact) mass is 354 g/mol. The molecule has 1 saturated heterocycles. The number of nitrogens with zero attached hydrogens (tertiary/aromatic N) is 3. The van der Waals surface area contributed by atoms with Crippen LogP contribution in [0.2, 0.25) is 0 Å². The summed E-state index contributed by atoms with van der Waals surface area (Å²) in [6.07, 6.45) is 5.44. The van der Waals surface area contributed by atoms with E-state index in [-0.39, 0.29) is 5.91 Å². The minimum absolute atomic E-state index is 0.0567. The minimum atomic E-state index is -0.0567. The van der Waals surface area contributed by atoms with E-state index >= 15 is 0 Å². The van der Waals surface area contributed by atoms with Crippen LogP contribution in [0.15, 0.2) is 30.5 Å². The van der Waals surface area contributed by atoms with Gasteiger partial charge in [0.1, 0.15) is 0 Å². The van der Waals surface area contributed by atoms with Gasteiger partial charge < -0.3 is 10.2 Å². The number of amides is 1. The molecule has 1 fully saturated rings. The molecule has 5 heteroatoms. The van der Waals surface area contributed by atoms with Gasteiger partial charge in [-0.2, -0.15) is 5.10 Å². The molecule has 5 nitrogen and oxygen atoms in total. The van der Waals surface area contributed by atoms with Crippen molar-refractivity contribution in [1.29, 1.82) is 0 Å². The molecular weight excluding hydrogens is 324 g/mol. The first-order chi connectivity index (χ1) is 12.6. The molecule has 1 atom stereocenters. The van der Waals surface area contributed by atoms with Crippen LogP contribution in [-0.2, 0) is 13.1 Å². The van der Waals surface area contributed by atoms with Crippen LogP contribution >= 0.6 is 0 Å². The fourth-order valence-electron chi connectivity index (χ4n) is 3.61. The summed E-state index contributed by atoms with van der Waals surface area (Å²) in [5, 5.41) is 7.41. The standard InChI is InChI=1S/C21H30N4O/c1-4-11-25-15-20(17(3)23-25)21(26)22-13-18-7-9-19(10-8-18)24-12-5-6-16(2)14-24/h7-10,15-16H,4-6,11-14H2,1-3H3,(H,22,26)/t16-/m1/s1. The van der Waals surface area contributed by atoms with Gasteiger partial charge in [0.15, 0.2) is 0 Å². The number of rotatable bonds is 6. The van der Waals surface area contributed by atoms with Crippen molar-refractivity contribution < 1.29 is 4.79 Å². The maximum Gasteiger partial charge on any atom is 0.255 e. The van der Waals surface area contributed by atoms with Crippen LogP contribution in [0.1, 0.15) is 54.7 Å². The Morgan fingerprint density at radius 1 is 1.31 bits per heavy atom. The molecule has 1 aliphatic heterocycles. The maximum absolute atomic E-state index is 12.4. The number of nitrogens with one attached hydrogen (secondary N) is 1. The van der Waals surface area contributed by atoms with E-state index < -0.39 is 0 Å². The predicted molar refractivity (Wildman–Crippen MR) is 105 cm³/mol. The zero-order valence-corrected chi connectivity index (χ0v) is 16.2. The quantitative estimate of drug-likeness (QED) is 0.859. The van der Waals surface area contributed by atoms with Crippen molar-refractivity contribution in [2.24, 2.45) is 5.92 Å². The highest BCUT2D eigenvalue weighted by Crippen LogP contribution is 2.23. The number of carbonyl (C=O) groups is 1. The molecule has 0 unspecified atom stereocenters. The smallest absolute Gasteiger partial charge is 0.255 e. The van der Waals surface area contributed by atoms with Gasteiger partial charge in [-0.25, -0.2) is 0 Å². The van der Waals surface area contributed by atoms with E-state index in [0.717, 1.165) is 43.2 Å². The zero-order valence-electron chi connectivity index (χ0n) is 16.2. The number of piperidine rings is 1. The molecule has 1 aromatic carbocycles. The van der Waals surface area contributed by atoms with Crippen LogP contribution in [0.25, 0.3) is 0 Å². The summed E-state index contributed by atoms with van der Waals surface area (Å²) >= 11 is 0. The lowest BCUT2D eigenvalue weighted by Gasteiger charge is -2.32. The normalized spacial score (nSPS) is 17.3. The highest BCUT2D eigenvalue weighted by atomic mass is 16.1. The SMILES string of the molecule is CCCn1cc(C(=O)NCc2ccc(N3CCC[C@@H](C)C3)cc2)c(C)n1. The Balaban J connectivity index is 1.57. The first kappa shape index (κ1) is 18.5. The van der Waals surface area contributed by atoms with Crippen molar-refractivity contribution in [1.82, 2.24) is 15.1 Å². The average molecular weight is 354 g/mol. The second kappa shape index (κ2) is 8.39. The highest BCUT2D eigenvalue weighted by molar-refractivity contribution is 5.94. The highest BCUT2D eigenvalue weighted by Gasteiger charge is 2.16. The van der Waals surface area contributed by atoms with Crippen LogP contribution in [0.3, 0.4) is 0 Å². The zero-order chi connectivity index (χ0) is 18.5. The average Bonchev–Trinajstić information content (AvgIpc) is 3.01. The van der Waals surface area contributed by atoms with E-state index in [1.54, 1.807) is 0 Å². The van der Waals surface area contributed by atoms with Crippen LogP contribution in [0.5, 0.6) is 0 Å². The minimum Gasteiger partial charge on any atom is -0.371 e. The van der Waals surface area contributed by atoms with Crippen LogP contribution in [0.4, 0.5) is 5.69 Å². The first-order valence-corrected chi connectivity index (χ1v) is 9.73. The molecule has 0 bridgehead atoms. The van der Waals surface area contributed by atoms with Gasteiger partial charge in [0.05, 0.1) is 11.3 Å². The van der Waals surface area contributed by atoms with Crippen molar-refractivity contribution >= 4 is 11.6 Å². The van der Waals surface area contributed by atoms with Crippen molar-refractivity contribution in [2.45, 2.75) is 53.1 Å². The second-order valence-corrected chi connectivity index (χ2v) is 7.43. The summed E-state index contributed by atoms with van der Waals surface area (Å²) in [6.45, 7) is 9.96. The number of hydrogen-bond donors (Lipinski definition) is 1. The number of aromatic nitrogens is 2. The van der Waals surface area contributed by atoms with E-state index in [1.807, 2.05) is 17.8 Å². The predicted octanol–water partition coefficient (Wildman–Crippen LogP) is 3.77.